The maximum atomic E-state index is 12.5. The van der Waals surface area contributed by atoms with E-state index in [-0.39, 0.29) is 0 Å². The minimum absolute atomic E-state index is 0.360. The van der Waals surface area contributed by atoms with Crippen LogP contribution in [0.2, 0.25) is 0 Å². The molecule has 2 fully saturated rings. The van der Waals surface area contributed by atoms with Crippen molar-refractivity contribution >= 4 is 22.9 Å². The van der Waals surface area contributed by atoms with Crippen molar-refractivity contribution in [2.75, 3.05) is 5.32 Å². The van der Waals surface area contributed by atoms with Gasteiger partial charge in [-0.15, -0.1) is 0 Å². The van der Waals surface area contributed by atoms with Crippen LogP contribution in [0.4, 0.5) is 5.82 Å². The van der Waals surface area contributed by atoms with Crippen LogP contribution in [0.25, 0.3) is 11.2 Å². The van der Waals surface area contributed by atoms with Crippen LogP contribution in [0.3, 0.4) is 0 Å². The lowest BCUT2D eigenvalue weighted by Crippen LogP contribution is -2.49. The summed E-state index contributed by atoms with van der Waals surface area (Å²) in [6.07, 6.45) is 2.65. The van der Waals surface area contributed by atoms with Crippen LogP contribution in [-0.4, -0.2) is 65.5 Å². The number of hydrogen-bond acceptors (Lipinski definition) is 8. The van der Waals surface area contributed by atoms with E-state index in [0.717, 1.165) is 12.8 Å². The molecule has 0 bridgehead atoms. The van der Waals surface area contributed by atoms with Crippen LogP contribution < -0.4 is 10.6 Å². The molecule has 10 heteroatoms. The van der Waals surface area contributed by atoms with E-state index in [1.807, 2.05) is 20.8 Å². The molecule has 1 aliphatic heterocycles. The quantitative estimate of drug-likeness (QED) is 0.585. The van der Waals surface area contributed by atoms with Gasteiger partial charge in [0.1, 0.15) is 18.5 Å². The Kier molecular flexibility index (Phi) is 5.18. The summed E-state index contributed by atoms with van der Waals surface area (Å²) in [5, 5.41) is 27.1. The highest BCUT2D eigenvalue weighted by Gasteiger charge is 2.48. The molecule has 0 radical (unpaired) electrons. The zero-order valence-corrected chi connectivity index (χ0v) is 16.9. The molecule has 2 aromatic rings. The van der Waals surface area contributed by atoms with Gasteiger partial charge >= 0.3 is 0 Å². The topological polar surface area (TPSA) is 134 Å². The summed E-state index contributed by atoms with van der Waals surface area (Å²) >= 11 is 0. The molecule has 0 spiro atoms. The lowest BCUT2D eigenvalue weighted by Gasteiger charge is -2.24. The van der Waals surface area contributed by atoms with Gasteiger partial charge in [0.2, 0.25) is 0 Å². The molecule has 1 saturated heterocycles. The Hall–Kier alpha value is -2.30. The number of ether oxygens (including phenoxy) is 1. The number of fused-ring (bicyclic) bond motifs is 1. The number of aromatic nitrogens is 4. The lowest BCUT2D eigenvalue weighted by molar-refractivity contribution is -0.139. The van der Waals surface area contributed by atoms with Gasteiger partial charge in [0.15, 0.2) is 29.3 Å². The van der Waals surface area contributed by atoms with Gasteiger partial charge in [-0.1, -0.05) is 12.8 Å². The molecular weight excluding hydrogens is 376 g/mol. The van der Waals surface area contributed by atoms with Gasteiger partial charge in [-0.05, 0) is 33.6 Å². The second kappa shape index (κ2) is 7.51. The van der Waals surface area contributed by atoms with Crippen LogP contribution in [0.15, 0.2) is 12.7 Å². The monoisotopic (exact) mass is 404 g/mol. The smallest absolute Gasteiger partial charge is 0.252 e. The Labute approximate surface area is 168 Å². The van der Waals surface area contributed by atoms with E-state index >= 15 is 0 Å². The Bertz CT molecular complexity index is 888. The maximum Gasteiger partial charge on any atom is 0.252 e. The average molecular weight is 404 g/mol. The number of rotatable bonds is 4. The third kappa shape index (κ3) is 3.92. The fourth-order valence-electron chi connectivity index (χ4n) is 3.95. The van der Waals surface area contributed by atoms with Crippen LogP contribution in [0.1, 0.15) is 52.7 Å². The highest BCUT2D eigenvalue weighted by atomic mass is 16.6. The Morgan fingerprint density at radius 2 is 1.90 bits per heavy atom. The normalized spacial score (nSPS) is 28.2. The lowest BCUT2D eigenvalue weighted by atomic mass is 10.1. The predicted octanol–water partition coefficient (Wildman–Crippen LogP) is 0.715. The van der Waals surface area contributed by atoms with E-state index in [4.69, 9.17) is 4.74 Å². The van der Waals surface area contributed by atoms with Crippen molar-refractivity contribution in [2.24, 2.45) is 0 Å². The van der Waals surface area contributed by atoms with Crippen molar-refractivity contribution < 1.29 is 19.7 Å². The van der Waals surface area contributed by atoms with Gasteiger partial charge in [-0.2, -0.15) is 0 Å². The molecule has 4 atom stereocenters. The number of hydrogen-bond donors (Lipinski definition) is 4. The van der Waals surface area contributed by atoms with E-state index in [1.165, 1.54) is 30.1 Å². The summed E-state index contributed by atoms with van der Waals surface area (Å²) in [6.45, 7) is 5.50. The summed E-state index contributed by atoms with van der Waals surface area (Å²) in [4.78, 5) is 25.5. The van der Waals surface area contributed by atoms with E-state index in [0.29, 0.717) is 23.0 Å². The van der Waals surface area contributed by atoms with Crippen LogP contribution in [0.5, 0.6) is 0 Å². The van der Waals surface area contributed by atoms with Gasteiger partial charge < -0.3 is 25.6 Å². The number of carbonyl (C=O) groups is 1. The largest absolute Gasteiger partial charge is 0.387 e. The molecule has 0 unspecified atom stereocenters. The van der Waals surface area contributed by atoms with Gasteiger partial charge in [0.05, 0.1) is 6.33 Å². The standard InChI is InChI=1S/C19H28N6O4/c1-19(2,3)24-17(28)14-12(26)13(27)18(29-14)25-9-22-11-15(20-8-21-16(11)25)23-10-6-4-5-7-10/h8-10,12-14,18,26-27H,4-7H2,1-3H3,(H,24,28)(H,20,21,23)/t12-,13+,14-,18+/m0/s1. The molecular formula is C19H28N6O4. The number of aliphatic hydroxyl groups is 2. The molecule has 2 aliphatic rings. The average Bonchev–Trinajstić information content (AvgIpc) is 3.35. The number of carbonyl (C=O) groups excluding carboxylic acids is 1. The van der Waals surface area contributed by atoms with Crippen molar-refractivity contribution in [3.8, 4) is 0 Å². The predicted molar refractivity (Wildman–Crippen MR) is 105 cm³/mol. The van der Waals surface area contributed by atoms with Crippen LogP contribution in [0, 0.1) is 0 Å². The fraction of sp³-hybridized carbons (Fsp3) is 0.684. The first kappa shape index (κ1) is 20.0. The van der Waals surface area contributed by atoms with Crippen molar-refractivity contribution in [3.63, 3.8) is 0 Å². The first-order valence-electron chi connectivity index (χ1n) is 10.0. The molecule has 158 valence electrons. The van der Waals surface area contributed by atoms with E-state index in [2.05, 4.69) is 25.6 Å². The van der Waals surface area contributed by atoms with Gasteiger partial charge in [0, 0.05) is 11.6 Å². The number of anilines is 1. The SMILES string of the molecule is CC(C)(C)NC(=O)[C@H]1O[C@@H](n2cnc3c(NC4CCCC4)ncnc32)[C@H](O)[C@@H]1O. The summed E-state index contributed by atoms with van der Waals surface area (Å²) in [5.74, 6) is 0.157. The van der Waals surface area contributed by atoms with Crippen molar-refractivity contribution in [3.05, 3.63) is 12.7 Å². The van der Waals surface area contributed by atoms with Gasteiger partial charge in [0.25, 0.3) is 5.91 Å². The van der Waals surface area contributed by atoms with Crippen molar-refractivity contribution in [1.29, 1.82) is 0 Å². The first-order chi connectivity index (χ1) is 13.7. The Morgan fingerprint density at radius 3 is 2.59 bits per heavy atom. The molecule has 1 saturated carbocycles. The van der Waals surface area contributed by atoms with E-state index in [1.54, 1.807) is 0 Å². The molecule has 4 rings (SSSR count). The molecule has 2 aromatic heterocycles. The number of aliphatic hydroxyl groups excluding tert-OH is 2. The number of imidazole rings is 1. The third-order valence-electron chi connectivity index (χ3n) is 5.32. The molecule has 1 aliphatic carbocycles. The summed E-state index contributed by atoms with van der Waals surface area (Å²) in [6, 6.07) is 0.360. The fourth-order valence-corrected chi connectivity index (χ4v) is 3.95. The number of amides is 1. The van der Waals surface area contributed by atoms with Crippen LogP contribution >= 0.6 is 0 Å². The van der Waals surface area contributed by atoms with Gasteiger partial charge in [-0.3, -0.25) is 9.36 Å². The number of nitrogens with one attached hydrogen (secondary N) is 2. The summed E-state index contributed by atoms with van der Waals surface area (Å²) in [5.41, 5.74) is 0.541. The van der Waals surface area contributed by atoms with Crippen LogP contribution in [-0.2, 0) is 9.53 Å². The molecule has 0 aromatic carbocycles. The minimum Gasteiger partial charge on any atom is -0.387 e. The zero-order chi connectivity index (χ0) is 20.8. The summed E-state index contributed by atoms with van der Waals surface area (Å²) < 4.78 is 7.29. The molecule has 1 amide bonds. The van der Waals surface area contributed by atoms with Crippen molar-refractivity contribution in [1.82, 2.24) is 24.8 Å². The first-order valence-corrected chi connectivity index (χ1v) is 10.0. The highest BCUT2D eigenvalue weighted by Crippen LogP contribution is 2.33. The highest BCUT2D eigenvalue weighted by molar-refractivity contribution is 5.84. The summed E-state index contributed by atoms with van der Waals surface area (Å²) in [7, 11) is 0. The second-order valence-electron chi connectivity index (χ2n) is 8.84. The molecule has 10 nitrogen and oxygen atoms in total. The third-order valence-corrected chi connectivity index (χ3v) is 5.32. The molecule has 3 heterocycles. The molecule has 4 N–H and O–H groups in total. The minimum atomic E-state index is -1.36. The number of nitrogens with zero attached hydrogens (tertiary/aromatic N) is 4. The van der Waals surface area contributed by atoms with E-state index in [9.17, 15) is 15.0 Å². The zero-order valence-electron chi connectivity index (χ0n) is 16.9. The second-order valence-corrected chi connectivity index (χ2v) is 8.84. The molecule has 29 heavy (non-hydrogen) atoms. The Morgan fingerprint density at radius 1 is 1.17 bits per heavy atom. The van der Waals surface area contributed by atoms with E-state index < -0.39 is 36.0 Å². The maximum absolute atomic E-state index is 12.5. The Balaban J connectivity index is 1.58. The van der Waals surface area contributed by atoms with Crippen molar-refractivity contribution in [2.45, 2.75) is 82.6 Å². The van der Waals surface area contributed by atoms with Gasteiger partial charge in [-0.25, -0.2) is 15.0 Å².